The Morgan fingerprint density at radius 3 is 2.80 bits per heavy atom. The molecule has 0 saturated carbocycles. The van der Waals surface area contributed by atoms with Crippen molar-refractivity contribution in [3.8, 4) is 10.7 Å². The number of pyridine rings is 1. The van der Waals surface area contributed by atoms with E-state index in [2.05, 4.69) is 23.8 Å². The van der Waals surface area contributed by atoms with Gasteiger partial charge in [0.25, 0.3) is 0 Å². The molecule has 0 aromatic carbocycles. The fraction of sp³-hybridized carbons (Fsp3) is 0.400. The smallest absolute Gasteiger partial charge is 0.358 e. The minimum Gasteiger partial charge on any atom is -0.461 e. The van der Waals surface area contributed by atoms with Gasteiger partial charge in [-0.1, -0.05) is 19.9 Å². The van der Waals surface area contributed by atoms with Crippen LogP contribution in [-0.2, 0) is 4.74 Å². The van der Waals surface area contributed by atoms with E-state index in [1.807, 2.05) is 18.2 Å². The third-order valence-corrected chi connectivity index (χ3v) is 4.38. The number of rotatable bonds is 5. The standard InChI is InChI=1S/C15H18N2O2S/c1-4-10(3)13-12(15(18)19-5-2)17-14(20-13)11-8-6-7-9-16-11/h6-10H,4-5H2,1-3H3. The summed E-state index contributed by atoms with van der Waals surface area (Å²) in [5, 5.41) is 0.768. The second-order valence-corrected chi connectivity index (χ2v) is 5.51. The van der Waals surface area contributed by atoms with Gasteiger partial charge in [0.1, 0.15) is 5.01 Å². The third kappa shape index (κ3) is 3.04. The van der Waals surface area contributed by atoms with Gasteiger partial charge < -0.3 is 4.74 Å². The number of esters is 1. The summed E-state index contributed by atoms with van der Waals surface area (Å²) in [6.45, 7) is 6.35. The second kappa shape index (κ2) is 6.61. The van der Waals surface area contributed by atoms with Crippen LogP contribution in [0.4, 0.5) is 0 Å². The van der Waals surface area contributed by atoms with E-state index in [9.17, 15) is 4.79 Å². The molecule has 2 heterocycles. The summed E-state index contributed by atoms with van der Waals surface area (Å²) in [6, 6.07) is 5.67. The first kappa shape index (κ1) is 14.7. The number of nitrogens with zero attached hydrogens (tertiary/aromatic N) is 2. The largest absolute Gasteiger partial charge is 0.461 e. The van der Waals surface area contributed by atoms with E-state index < -0.39 is 0 Å². The molecule has 0 radical (unpaired) electrons. The Hall–Kier alpha value is -1.75. The zero-order valence-corrected chi connectivity index (χ0v) is 12.7. The highest BCUT2D eigenvalue weighted by atomic mass is 32.1. The van der Waals surface area contributed by atoms with Crippen LogP contribution in [0.2, 0.25) is 0 Å². The Morgan fingerprint density at radius 1 is 1.40 bits per heavy atom. The van der Waals surface area contributed by atoms with Gasteiger partial charge in [-0.05, 0) is 31.4 Å². The monoisotopic (exact) mass is 290 g/mol. The summed E-state index contributed by atoms with van der Waals surface area (Å²) in [7, 11) is 0. The molecule has 0 N–H and O–H groups in total. The second-order valence-electron chi connectivity index (χ2n) is 4.48. The summed E-state index contributed by atoms with van der Waals surface area (Å²) in [5.74, 6) is -0.0643. The lowest BCUT2D eigenvalue weighted by Crippen LogP contribution is -2.08. The Bertz CT molecular complexity index is 581. The molecule has 2 aromatic rings. The Labute approximate surface area is 122 Å². The van der Waals surface area contributed by atoms with Crippen LogP contribution in [0.1, 0.15) is 48.5 Å². The molecule has 106 valence electrons. The van der Waals surface area contributed by atoms with Crippen LogP contribution in [0.5, 0.6) is 0 Å². The zero-order valence-electron chi connectivity index (χ0n) is 11.9. The van der Waals surface area contributed by atoms with Crippen LogP contribution >= 0.6 is 11.3 Å². The molecule has 0 aliphatic carbocycles. The summed E-state index contributed by atoms with van der Waals surface area (Å²) >= 11 is 1.53. The van der Waals surface area contributed by atoms with Crippen molar-refractivity contribution >= 4 is 17.3 Å². The molecular formula is C15H18N2O2S. The molecule has 2 aromatic heterocycles. The van der Waals surface area contributed by atoms with Crippen molar-refractivity contribution in [1.82, 2.24) is 9.97 Å². The molecule has 0 aliphatic rings. The zero-order chi connectivity index (χ0) is 14.5. The van der Waals surface area contributed by atoms with Gasteiger partial charge in [0, 0.05) is 11.1 Å². The number of carbonyl (C=O) groups is 1. The molecule has 1 unspecified atom stereocenters. The Kier molecular flexibility index (Phi) is 4.84. The normalized spacial score (nSPS) is 12.2. The number of hydrogen-bond donors (Lipinski definition) is 0. The highest BCUT2D eigenvalue weighted by molar-refractivity contribution is 7.15. The fourth-order valence-electron chi connectivity index (χ4n) is 1.80. The Morgan fingerprint density at radius 2 is 2.20 bits per heavy atom. The number of aromatic nitrogens is 2. The molecule has 4 nitrogen and oxygen atoms in total. The van der Waals surface area contributed by atoms with Gasteiger partial charge in [0.15, 0.2) is 5.69 Å². The molecule has 0 spiro atoms. The van der Waals surface area contributed by atoms with Crippen molar-refractivity contribution in [2.24, 2.45) is 0 Å². The van der Waals surface area contributed by atoms with Crippen LogP contribution < -0.4 is 0 Å². The van der Waals surface area contributed by atoms with Crippen LogP contribution in [0.3, 0.4) is 0 Å². The topological polar surface area (TPSA) is 52.1 Å². The molecule has 0 fully saturated rings. The maximum Gasteiger partial charge on any atom is 0.358 e. The van der Waals surface area contributed by atoms with Gasteiger partial charge in [-0.25, -0.2) is 9.78 Å². The summed E-state index contributed by atoms with van der Waals surface area (Å²) in [4.78, 5) is 21.7. The highest BCUT2D eigenvalue weighted by Crippen LogP contribution is 2.33. The molecule has 0 bridgehead atoms. The summed E-state index contributed by atoms with van der Waals surface area (Å²) in [6.07, 6.45) is 2.68. The third-order valence-electron chi connectivity index (χ3n) is 3.07. The van der Waals surface area contributed by atoms with E-state index in [1.54, 1.807) is 13.1 Å². The van der Waals surface area contributed by atoms with E-state index in [0.717, 1.165) is 22.0 Å². The average molecular weight is 290 g/mol. The molecule has 20 heavy (non-hydrogen) atoms. The van der Waals surface area contributed by atoms with E-state index >= 15 is 0 Å². The number of ether oxygens (including phenoxy) is 1. The van der Waals surface area contributed by atoms with Gasteiger partial charge in [-0.15, -0.1) is 11.3 Å². The number of hydrogen-bond acceptors (Lipinski definition) is 5. The first-order chi connectivity index (χ1) is 9.67. The maximum absolute atomic E-state index is 12.0. The van der Waals surface area contributed by atoms with Crippen molar-refractivity contribution in [2.75, 3.05) is 6.61 Å². The number of carbonyl (C=O) groups excluding carboxylic acids is 1. The molecule has 0 saturated heterocycles. The first-order valence-electron chi connectivity index (χ1n) is 6.76. The van der Waals surface area contributed by atoms with Gasteiger partial charge >= 0.3 is 5.97 Å². The first-order valence-corrected chi connectivity index (χ1v) is 7.58. The Balaban J connectivity index is 2.44. The average Bonchev–Trinajstić information content (AvgIpc) is 2.93. The van der Waals surface area contributed by atoms with E-state index in [4.69, 9.17) is 4.74 Å². The lowest BCUT2D eigenvalue weighted by Gasteiger charge is -2.07. The molecular weight excluding hydrogens is 272 g/mol. The predicted octanol–water partition coefficient (Wildman–Crippen LogP) is 3.90. The molecule has 5 heteroatoms. The van der Waals surface area contributed by atoms with Crippen LogP contribution in [0.15, 0.2) is 24.4 Å². The fourth-order valence-corrected chi connectivity index (χ4v) is 2.96. The van der Waals surface area contributed by atoms with Crippen LogP contribution in [0, 0.1) is 0 Å². The quantitative estimate of drug-likeness (QED) is 0.784. The molecule has 0 aliphatic heterocycles. The molecule has 0 amide bonds. The SMILES string of the molecule is CCOC(=O)c1nc(-c2ccccn2)sc1C(C)CC. The molecule has 2 rings (SSSR count). The van der Waals surface area contributed by atoms with Gasteiger partial charge in [-0.3, -0.25) is 4.98 Å². The van der Waals surface area contributed by atoms with Gasteiger partial charge in [-0.2, -0.15) is 0 Å². The minimum absolute atomic E-state index is 0.282. The lowest BCUT2D eigenvalue weighted by atomic mass is 10.1. The van der Waals surface area contributed by atoms with Crippen LogP contribution in [-0.4, -0.2) is 22.5 Å². The van der Waals surface area contributed by atoms with E-state index in [1.165, 1.54) is 11.3 Å². The lowest BCUT2D eigenvalue weighted by molar-refractivity contribution is 0.0518. The van der Waals surface area contributed by atoms with Crippen molar-refractivity contribution in [2.45, 2.75) is 33.1 Å². The predicted molar refractivity (Wildman–Crippen MR) is 80.0 cm³/mol. The van der Waals surface area contributed by atoms with Crippen molar-refractivity contribution in [3.05, 3.63) is 35.0 Å². The number of thiazole rings is 1. The van der Waals surface area contributed by atoms with Crippen molar-refractivity contribution < 1.29 is 9.53 Å². The van der Waals surface area contributed by atoms with Crippen LogP contribution in [0.25, 0.3) is 10.7 Å². The van der Waals surface area contributed by atoms with E-state index in [-0.39, 0.29) is 11.9 Å². The highest BCUT2D eigenvalue weighted by Gasteiger charge is 2.23. The maximum atomic E-state index is 12.0. The minimum atomic E-state index is -0.346. The van der Waals surface area contributed by atoms with Crippen molar-refractivity contribution in [1.29, 1.82) is 0 Å². The van der Waals surface area contributed by atoms with Crippen molar-refractivity contribution in [3.63, 3.8) is 0 Å². The molecule has 1 atom stereocenters. The van der Waals surface area contributed by atoms with E-state index in [0.29, 0.717) is 12.3 Å². The van der Waals surface area contributed by atoms with Gasteiger partial charge in [0.05, 0.1) is 12.3 Å². The summed E-state index contributed by atoms with van der Waals surface area (Å²) < 4.78 is 5.10. The van der Waals surface area contributed by atoms with Gasteiger partial charge in [0.2, 0.25) is 0 Å². The summed E-state index contributed by atoms with van der Waals surface area (Å²) in [5.41, 5.74) is 1.23.